The Kier molecular flexibility index (Phi) is 3.05. The Morgan fingerprint density at radius 2 is 2.06 bits per heavy atom. The van der Waals surface area contributed by atoms with E-state index in [9.17, 15) is 13.2 Å². The number of pyridine rings is 1. The Balaban J connectivity index is 2.39. The van der Waals surface area contributed by atoms with Crippen molar-refractivity contribution in [3.8, 4) is 0 Å². The number of hydrogen-bond acceptors (Lipinski definition) is 1. The van der Waals surface area contributed by atoms with E-state index >= 15 is 0 Å². The van der Waals surface area contributed by atoms with E-state index < -0.39 is 11.7 Å². The lowest BCUT2D eigenvalue weighted by Gasteiger charge is -2.17. The van der Waals surface area contributed by atoms with Crippen molar-refractivity contribution in [3.63, 3.8) is 0 Å². The van der Waals surface area contributed by atoms with Crippen molar-refractivity contribution >= 4 is 5.57 Å². The topological polar surface area (TPSA) is 12.9 Å². The van der Waals surface area contributed by atoms with Crippen LogP contribution in [0.25, 0.3) is 5.57 Å². The third-order valence-corrected chi connectivity index (χ3v) is 2.82. The van der Waals surface area contributed by atoms with Gasteiger partial charge in [0.05, 0.1) is 0 Å². The van der Waals surface area contributed by atoms with Gasteiger partial charge in [0.1, 0.15) is 0 Å². The highest BCUT2D eigenvalue weighted by Crippen LogP contribution is 2.35. The fourth-order valence-electron chi connectivity index (χ4n) is 1.88. The van der Waals surface area contributed by atoms with Crippen LogP contribution in [0.15, 0.2) is 36.2 Å². The summed E-state index contributed by atoms with van der Waals surface area (Å²) in [5.41, 5.74) is 1.87. The number of aryl methyl sites for hydroxylation is 1. The van der Waals surface area contributed by atoms with Crippen LogP contribution in [0.3, 0.4) is 0 Å². The summed E-state index contributed by atoms with van der Waals surface area (Å²) in [5.74, 6) is 0. The normalized spacial score (nSPS) is 16.5. The molecule has 1 heterocycles. The van der Waals surface area contributed by atoms with E-state index in [-0.39, 0.29) is 6.42 Å². The van der Waals surface area contributed by atoms with Crippen molar-refractivity contribution < 1.29 is 13.2 Å². The number of rotatable bonds is 1. The van der Waals surface area contributed by atoms with Crippen LogP contribution in [-0.4, -0.2) is 11.2 Å². The third kappa shape index (κ3) is 2.57. The zero-order valence-corrected chi connectivity index (χ0v) is 9.38. The molecule has 90 valence electrons. The van der Waals surface area contributed by atoms with Gasteiger partial charge in [0, 0.05) is 23.5 Å². The molecule has 0 unspecified atom stereocenters. The Labute approximate surface area is 97.7 Å². The predicted molar refractivity (Wildman–Crippen MR) is 60.3 cm³/mol. The molecule has 0 fully saturated rings. The lowest BCUT2D eigenvalue weighted by atomic mass is 9.93. The number of alkyl halides is 3. The molecule has 1 aromatic rings. The molecular weight excluding hydrogens is 227 g/mol. The van der Waals surface area contributed by atoms with Gasteiger partial charge in [-0.05, 0) is 43.0 Å². The maximum atomic E-state index is 12.6. The maximum absolute atomic E-state index is 12.6. The predicted octanol–water partition coefficient (Wildman–Crippen LogP) is 4.06. The molecule has 0 N–H and O–H groups in total. The van der Waals surface area contributed by atoms with Crippen molar-refractivity contribution in [1.29, 1.82) is 0 Å². The third-order valence-electron chi connectivity index (χ3n) is 2.82. The molecule has 1 aliphatic carbocycles. The molecule has 1 aliphatic rings. The van der Waals surface area contributed by atoms with Crippen LogP contribution < -0.4 is 0 Å². The number of halogens is 3. The van der Waals surface area contributed by atoms with Gasteiger partial charge in [-0.1, -0.05) is 6.08 Å². The average Bonchev–Trinajstić information content (AvgIpc) is 2.29. The number of nitrogens with zero attached hydrogens (tertiary/aromatic N) is 1. The second kappa shape index (κ2) is 4.35. The van der Waals surface area contributed by atoms with Crippen molar-refractivity contribution in [2.45, 2.75) is 25.9 Å². The summed E-state index contributed by atoms with van der Waals surface area (Å²) in [6, 6.07) is 1.80. The summed E-state index contributed by atoms with van der Waals surface area (Å²) in [5, 5.41) is 0. The zero-order valence-electron chi connectivity index (χ0n) is 9.38. The largest absolute Gasteiger partial charge is 0.412 e. The molecule has 17 heavy (non-hydrogen) atoms. The first-order valence-corrected chi connectivity index (χ1v) is 5.37. The maximum Gasteiger partial charge on any atom is 0.412 e. The second-order valence-corrected chi connectivity index (χ2v) is 4.06. The van der Waals surface area contributed by atoms with Crippen LogP contribution in [-0.2, 0) is 0 Å². The molecule has 4 heteroatoms. The summed E-state index contributed by atoms with van der Waals surface area (Å²) in [4.78, 5) is 3.96. The molecule has 0 atom stereocenters. The standard InChI is InChI=1S/C13H12F3N/c1-9-5-6-17-8-12(9)10-3-2-4-11(7-10)13(14,15)16/h3,5-8H,2,4H2,1H3. The molecule has 0 amide bonds. The molecule has 0 radical (unpaired) electrons. The molecule has 0 saturated carbocycles. The van der Waals surface area contributed by atoms with Crippen molar-refractivity contribution in [2.24, 2.45) is 0 Å². The molecule has 1 aromatic heterocycles. The first kappa shape index (κ1) is 11.9. The molecule has 2 rings (SSSR count). The van der Waals surface area contributed by atoms with E-state index in [2.05, 4.69) is 4.98 Å². The first-order valence-electron chi connectivity index (χ1n) is 5.37. The van der Waals surface area contributed by atoms with Crippen LogP contribution in [0, 0.1) is 6.92 Å². The van der Waals surface area contributed by atoms with E-state index in [1.54, 1.807) is 18.5 Å². The van der Waals surface area contributed by atoms with Crippen LogP contribution in [0.1, 0.15) is 24.0 Å². The van der Waals surface area contributed by atoms with Gasteiger partial charge in [-0.15, -0.1) is 0 Å². The Hall–Kier alpha value is -1.58. The van der Waals surface area contributed by atoms with Gasteiger partial charge < -0.3 is 0 Å². The summed E-state index contributed by atoms with van der Waals surface area (Å²) >= 11 is 0. The van der Waals surface area contributed by atoms with Gasteiger partial charge in [0.15, 0.2) is 0 Å². The van der Waals surface area contributed by atoms with Crippen molar-refractivity contribution in [1.82, 2.24) is 4.98 Å². The zero-order chi connectivity index (χ0) is 12.5. The molecular formula is C13H12F3N. The molecule has 1 nitrogen and oxygen atoms in total. The quantitative estimate of drug-likeness (QED) is 0.720. The minimum atomic E-state index is -4.23. The van der Waals surface area contributed by atoms with Crippen LogP contribution >= 0.6 is 0 Å². The highest BCUT2D eigenvalue weighted by Gasteiger charge is 2.34. The van der Waals surface area contributed by atoms with E-state index in [0.717, 1.165) is 11.1 Å². The molecule has 0 spiro atoms. The van der Waals surface area contributed by atoms with Gasteiger partial charge in [-0.2, -0.15) is 13.2 Å². The van der Waals surface area contributed by atoms with Gasteiger partial charge in [0.25, 0.3) is 0 Å². The first-order chi connectivity index (χ1) is 7.98. The lowest BCUT2D eigenvalue weighted by molar-refractivity contribution is -0.0939. The van der Waals surface area contributed by atoms with E-state index in [4.69, 9.17) is 0 Å². The monoisotopic (exact) mass is 239 g/mol. The SMILES string of the molecule is Cc1ccncc1C1=CCCC(C(F)(F)F)=C1. The smallest absolute Gasteiger partial charge is 0.264 e. The van der Waals surface area contributed by atoms with Gasteiger partial charge >= 0.3 is 6.18 Å². The minimum Gasteiger partial charge on any atom is -0.264 e. The van der Waals surface area contributed by atoms with E-state index in [1.165, 1.54) is 6.08 Å². The minimum absolute atomic E-state index is 0.0618. The summed E-state index contributed by atoms with van der Waals surface area (Å²) in [7, 11) is 0. The highest BCUT2D eigenvalue weighted by atomic mass is 19.4. The van der Waals surface area contributed by atoms with Crippen LogP contribution in [0.5, 0.6) is 0 Å². The van der Waals surface area contributed by atoms with E-state index in [0.29, 0.717) is 12.0 Å². The average molecular weight is 239 g/mol. The second-order valence-electron chi connectivity index (χ2n) is 4.06. The fourth-order valence-corrected chi connectivity index (χ4v) is 1.88. The van der Waals surface area contributed by atoms with Crippen LogP contribution in [0.4, 0.5) is 13.2 Å². The molecule has 0 aromatic carbocycles. The Morgan fingerprint density at radius 1 is 1.29 bits per heavy atom. The lowest BCUT2D eigenvalue weighted by Crippen LogP contribution is -2.13. The number of hydrogen-bond donors (Lipinski definition) is 0. The van der Waals surface area contributed by atoms with Crippen LogP contribution in [0.2, 0.25) is 0 Å². The van der Waals surface area contributed by atoms with Gasteiger partial charge in [-0.25, -0.2) is 0 Å². The van der Waals surface area contributed by atoms with E-state index in [1.807, 2.05) is 13.0 Å². The van der Waals surface area contributed by atoms with Gasteiger partial charge in [0.2, 0.25) is 0 Å². The number of aromatic nitrogens is 1. The fraction of sp³-hybridized carbons (Fsp3) is 0.308. The van der Waals surface area contributed by atoms with Gasteiger partial charge in [-0.3, -0.25) is 4.98 Å². The highest BCUT2D eigenvalue weighted by molar-refractivity contribution is 5.77. The Bertz CT molecular complexity index is 484. The van der Waals surface area contributed by atoms with Crippen molar-refractivity contribution in [2.75, 3.05) is 0 Å². The molecule has 0 bridgehead atoms. The van der Waals surface area contributed by atoms with Crippen molar-refractivity contribution in [3.05, 3.63) is 47.3 Å². The Morgan fingerprint density at radius 3 is 2.71 bits per heavy atom. The molecule has 0 saturated heterocycles. The number of allylic oxidation sites excluding steroid dienone is 4. The summed E-state index contributed by atoms with van der Waals surface area (Å²) in [6.07, 6.45) is 2.57. The summed E-state index contributed by atoms with van der Waals surface area (Å²) in [6.45, 7) is 1.87. The summed E-state index contributed by atoms with van der Waals surface area (Å²) < 4.78 is 37.9. The molecule has 0 aliphatic heterocycles.